The monoisotopic (exact) mass is 307 g/mol. The lowest BCUT2D eigenvalue weighted by atomic mass is 10.2. The molecular weight excluding hydrogens is 287 g/mol. The third kappa shape index (κ3) is 5.11. The molecule has 0 aliphatic rings. The van der Waals surface area contributed by atoms with Crippen molar-refractivity contribution in [2.75, 3.05) is 29.2 Å². The molecule has 20 heavy (non-hydrogen) atoms. The van der Waals surface area contributed by atoms with Gasteiger partial charge in [0.05, 0.1) is 5.56 Å². The molecule has 1 atom stereocenters. The van der Waals surface area contributed by atoms with Crippen LogP contribution in [-0.4, -0.2) is 29.6 Å². The van der Waals surface area contributed by atoms with Gasteiger partial charge in [-0.05, 0) is 31.7 Å². The molecule has 0 fully saturated rings. The van der Waals surface area contributed by atoms with E-state index in [1.165, 1.54) is 0 Å². The van der Waals surface area contributed by atoms with E-state index in [4.69, 9.17) is 0 Å². The molecule has 3 nitrogen and oxygen atoms in total. The van der Waals surface area contributed by atoms with Gasteiger partial charge in [0.15, 0.2) is 0 Å². The summed E-state index contributed by atoms with van der Waals surface area (Å²) in [7, 11) is 0. The predicted molar refractivity (Wildman–Crippen MR) is 79.5 cm³/mol. The van der Waals surface area contributed by atoms with Crippen molar-refractivity contribution in [3.63, 3.8) is 0 Å². The lowest BCUT2D eigenvalue weighted by Crippen LogP contribution is -2.22. The zero-order chi connectivity index (χ0) is 15.2. The summed E-state index contributed by atoms with van der Waals surface area (Å²) >= 11 is 1.65. The first kappa shape index (κ1) is 16.9. The maximum atomic E-state index is 12.9. The van der Waals surface area contributed by atoms with Crippen LogP contribution >= 0.6 is 11.8 Å². The fourth-order valence-corrected chi connectivity index (χ4v) is 2.43. The van der Waals surface area contributed by atoms with E-state index < -0.39 is 11.7 Å². The van der Waals surface area contributed by atoms with Gasteiger partial charge in [-0.25, -0.2) is 4.98 Å². The van der Waals surface area contributed by atoms with Gasteiger partial charge in [-0.15, -0.1) is 0 Å². The molecule has 1 heterocycles. The lowest BCUT2D eigenvalue weighted by Gasteiger charge is -2.18. The molecular formula is C13H20F3N3S. The highest BCUT2D eigenvalue weighted by Crippen LogP contribution is 2.32. The largest absolute Gasteiger partial charge is 0.416 e. The van der Waals surface area contributed by atoms with E-state index in [0.29, 0.717) is 6.54 Å². The number of rotatable bonds is 7. The van der Waals surface area contributed by atoms with Gasteiger partial charge in [0.25, 0.3) is 0 Å². The van der Waals surface area contributed by atoms with Crippen LogP contribution in [0.5, 0.6) is 0 Å². The third-order valence-electron chi connectivity index (χ3n) is 2.72. The van der Waals surface area contributed by atoms with Crippen molar-refractivity contribution < 1.29 is 13.2 Å². The first-order chi connectivity index (χ1) is 9.40. The molecule has 7 heteroatoms. The Morgan fingerprint density at radius 2 is 1.90 bits per heavy atom. The van der Waals surface area contributed by atoms with Crippen LogP contribution in [0.1, 0.15) is 25.8 Å². The number of halogens is 3. The summed E-state index contributed by atoms with van der Waals surface area (Å²) in [6, 6.07) is 2.20. The van der Waals surface area contributed by atoms with E-state index in [0.717, 1.165) is 24.3 Å². The quantitative estimate of drug-likeness (QED) is 0.795. The minimum Gasteiger partial charge on any atom is -0.370 e. The highest BCUT2D eigenvalue weighted by atomic mass is 32.2. The zero-order valence-corrected chi connectivity index (χ0v) is 12.7. The first-order valence-corrected chi connectivity index (χ1v) is 7.88. The van der Waals surface area contributed by atoms with Crippen LogP contribution in [0.25, 0.3) is 0 Å². The minimum atomic E-state index is -4.37. The molecule has 114 valence electrons. The molecule has 1 unspecified atom stereocenters. The number of hydrogen-bond acceptors (Lipinski definition) is 4. The van der Waals surface area contributed by atoms with Gasteiger partial charge in [0.2, 0.25) is 0 Å². The SMILES string of the molecule is CCNc1cc(C(F)(F)F)cc(NC(CC)CSC)n1. The van der Waals surface area contributed by atoms with Gasteiger partial charge >= 0.3 is 6.18 Å². The van der Waals surface area contributed by atoms with E-state index in [9.17, 15) is 13.2 Å². The summed E-state index contributed by atoms with van der Waals surface area (Å²) in [5, 5.41) is 5.90. The topological polar surface area (TPSA) is 37.0 Å². The molecule has 0 aromatic carbocycles. The first-order valence-electron chi connectivity index (χ1n) is 6.49. The molecule has 0 saturated carbocycles. The van der Waals surface area contributed by atoms with Gasteiger partial charge < -0.3 is 10.6 Å². The lowest BCUT2D eigenvalue weighted by molar-refractivity contribution is -0.137. The van der Waals surface area contributed by atoms with Crippen molar-refractivity contribution in [3.8, 4) is 0 Å². The number of thioether (sulfide) groups is 1. The van der Waals surface area contributed by atoms with Crippen molar-refractivity contribution in [1.29, 1.82) is 0 Å². The predicted octanol–water partition coefficient (Wildman–Crippen LogP) is 4.09. The Balaban J connectivity index is 3.02. The average Bonchev–Trinajstić information content (AvgIpc) is 2.37. The second kappa shape index (κ2) is 7.61. The maximum Gasteiger partial charge on any atom is 0.416 e. The fourth-order valence-electron chi connectivity index (χ4n) is 1.71. The second-order valence-electron chi connectivity index (χ2n) is 4.36. The molecule has 2 N–H and O–H groups in total. The number of anilines is 2. The summed E-state index contributed by atoms with van der Waals surface area (Å²) in [6.45, 7) is 4.33. The van der Waals surface area contributed by atoms with Crippen LogP contribution in [0.3, 0.4) is 0 Å². The van der Waals surface area contributed by atoms with Crippen molar-refractivity contribution >= 4 is 23.4 Å². The van der Waals surface area contributed by atoms with E-state index >= 15 is 0 Å². The molecule has 0 saturated heterocycles. The second-order valence-corrected chi connectivity index (χ2v) is 5.27. The van der Waals surface area contributed by atoms with Crippen molar-refractivity contribution in [2.24, 2.45) is 0 Å². The van der Waals surface area contributed by atoms with Crippen molar-refractivity contribution in [2.45, 2.75) is 32.5 Å². The minimum absolute atomic E-state index is 0.107. The van der Waals surface area contributed by atoms with Crippen LogP contribution in [0.15, 0.2) is 12.1 Å². The number of pyridine rings is 1. The Hall–Kier alpha value is -1.11. The summed E-state index contributed by atoms with van der Waals surface area (Å²) in [4.78, 5) is 4.18. The molecule has 0 aliphatic carbocycles. The van der Waals surface area contributed by atoms with Gasteiger partial charge in [-0.3, -0.25) is 0 Å². The molecule has 0 amide bonds. The molecule has 0 spiro atoms. The van der Waals surface area contributed by atoms with E-state index in [1.54, 1.807) is 11.8 Å². The van der Waals surface area contributed by atoms with Gasteiger partial charge in [0.1, 0.15) is 11.6 Å². The summed E-state index contributed by atoms with van der Waals surface area (Å²) in [6.07, 6.45) is -1.58. The molecule has 1 rings (SSSR count). The van der Waals surface area contributed by atoms with Crippen LogP contribution in [0.4, 0.5) is 24.8 Å². The van der Waals surface area contributed by atoms with Crippen LogP contribution in [-0.2, 0) is 6.18 Å². The average molecular weight is 307 g/mol. The molecule has 0 aliphatic heterocycles. The van der Waals surface area contributed by atoms with E-state index in [1.807, 2.05) is 20.1 Å². The summed E-state index contributed by atoms with van der Waals surface area (Å²) < 4.78 is 38.6. The smallest absolute Gasteiger partial charge is 0.370 e. The van der Waals surface area contributed by atoms with Crippen LogP contribution in [0, 0.1) is 0 Å². The van der Waals surface area contributed by atoms with Gasteiger partial charge in [-0.1, -0.05) is 6.92 Å². The fraction of sp³-hybridized carbons (Fsp3) is 0.615. The maximum absolute atomic E-state index is 12.9. The number of aromatic nitrogens is 1. The Kier molecular flexibility index (Phi) is 6.45. The Morgan fingerprint density at radius 1 is 1.25 bits per heavy atom. The van der Waals surface area contributed by atoms with Crippen molar-refractivity contribution in [3.05, 3.63) is 17.7 Å². The summed E-state index contributed by atoms with van der Waals surface area (Å²) in [5.41, 5.74) is -0.690. The molecule has 1 aromatic heterocycles. The van der Waals surface area contributed by atoms with Gasteiger partial charge in [-0.2, -0.15) is 24.9 Å². The van der Waals surface area contributed by atoms with Crippen molar-refractivity contribution in [1.82, 2.24) is 4.98 Å². The Bertz CT molecular complexity index is 424. The molecule has 0 bridgehead atoms. The summed E-state index contributed by atoms with van der Waals surface area (Å²) in [5.74, 6) is 1.32. The third-order valence-corrected chi connectivity index (χ3v) is 3.46. The molecule has 0 radical (unpaired) electrons. The number of nitrogens with one attached hydrogen (secondary N) is 2. The van der Waals surface area contributed by atoms with E-state index in [-0.39, 0.29) is 17.7 Å². The van der Waals surface area contributed by atoms with Crippen LogP contribution < -0.4 is 10.6 Å². The highest BCUT2D eigenvalue weighted by molar-refractivity contribution is 7.98. The van der Waals surface area contributed by atoms with Gasteiger partial charge in [0, 0.05) is 18.3 Å². The zero-order valence-electron chi connectivity index (χ0n) is 11.8. The number of alkyl halides is 3. The standard InChI is InChI=1S/C13H20F3N3S/c1-4-10(8-20-3)18-12-7-9(13(14,15)16)6-11(19-12)17-5-2/h6-7,10H,4-5,8H2,1-3H3,(H2,17,18,19). The van der Waals surface area contributed by atoms with Crippen LogP contribution in [0.2, 0.25) is 0 Å². The number of nitrogens with zero attached hydrogens (tertiary/aromatic N) is 1. The van der Waals surface area contributed by atoms with E-state index in [2.05, 4.69) is 15.6 Å². The molecule has 1 aromatic rings. The Morgan fingerprint density at radius 3 is 2.40 bits per heavy atom. The number of hydrogen-bond donors (Lipinski definition) is 2. The normalized spacial score (nSPS) is 13.1. The highest BCUT2D eigenvalue weighted by Gasteiger charge is 2.31. The Labute approximate surface area is 121 Å².